The molecule has 0 bridgehead atoms. The van der Waals surface area contributed by atoms with Crippen LogP contribution in [-0.2, 0) is 48.5 Å². The number of aliphatic carboxylic acids is 3. The van der Waals surface area contributed by atoms with Gasteiger partial charge in [0.25, 0.3) is 0 Å². The van der Waals surface area contributed by atoms with Crippen molar-refractivity contribution < 1.29 is 116 Å². The van der Waals surface area contributed by atoms with Crippen molar-refractivity contribution in [3.05, 3.63) is 0 Å². The zero-order valence-corrected chi connectivity index (χ0v) is 24.3. The van der Waals surface area contributed by atoms with E-state index in [1.807, 2.05) is 18.8 Å². The predicted octanol–water partition coefficient (Wildman–Crippen LogP) is -12.4. The number of thioether (sulfide) groups is 3. The third kappa shape index (κ3) is 44.9. The summed E-state index contributed by atoms with van der Waals surface area (Å²) >= 11 is 4.49. The van der Waals surface area contributed by atoms with E-state index < -0.39 is 36.2 Å². The largest absolute Gasteiger partial charge is 3.00 e. The number of carboxylic acid groups (broad SMARTS) is 3. The second kappa shape index (κ2) is 39.5. The molecule has 0 heterocycles. The van der Waals surface area contributed by atoms with E-state index in [9.17, 15) is 29.7 Å². The zero-order valence-electron chi connectivity index (χ0n) is 17.3. The van der Waals surface area contributed by atoms with Crippen molar-refractivity contribution >= 4 is 53.2 Å². The third-order valence-electron chi connectivity index (χ3n) is 2.60. The molecule has 0 rings (SSSR count). The van der Waals surface area contributed by atoms with E-state index in [1.54, 1.807) is 0 Å². The van der Waals surface area contributed by atoms with Gasteiger partial charge >= 0.3 is 34.1 Å². The molecule has 0 fully saturated rings. The van der Waals surface area contributed by atoms with Gasteiger partial charge in [-0.05, 0) is 55.3 Å². The summed E-state index contributed by atoms with van der Waals surface area (Å²) in [6.07, 6.45) is 2.47. The van der Waals surface area contributed by atoms with E-state index in [0.717, 1.165) is 0 Å². The quantitative estimate of drug-likeness (QED) is 0.168. The summed E-state index contributed by atoms with van der Waals surface area (Å²) in [6, 6.07) is 0. The van der Waals surface area contributed by atoms with Gasteiger partial charge in [-0.3, -0.25) is 0 Å². The zero-order chi connectivity index (χ0) is 21.8. The van der Waals surface area contributed by atoms with Crippen LogP contribution in [0.25, 0.3) is 0 Å². The van der Waals surface area contributed by atoms with Gasteiger partial charge < -0.3 is 82.2 Å². The Balaban J connectivity index is -0.0000000417. The summed E-state index contributed by atoms with van der Waals surface area (Å²) in [5, 5.41) is 55.3. The molecule has 0 aromatic carbocycles. The molecule has 17 heteroatoms. The van der Waals surface area contributed by atoms with E-state index in [2.05, 4.69) is 0 Å². The van der Waals surface area contributed by atoms with E-state index >= 15 is 0 Å². The monoisotopic (exact) mass is 664 g/mol. The molecule has 0 aromatic rings. The predicted molar refractivity (Wildman–Crippen MR) is 102 cm³/mol. The van der Waals surface area contributed by atoms with Crippen molar-refractivity contribution in [2.45, 2.75) is 37.6 Å². The van der Waals surface area contributed by atoms with Crippen molar-refractivity contribution in [1.82, 2.24) is 0 Å². The number of carbonyl (C=O) groups is 3. The Labute approximate surface area is 241 Å². The van der Waals surface area contributed by atoms with Crippen molar-refractivity contribution in [3.63, 3.8) is 0 Å². The van der Waals surface area contributed by atoms with Crippen LogP contribution in [0.3, 0.4) is 0 Å². The summed E-state index contributed by atoms with van der Waals surface area (Å²) in [5.74, 6) is -2.21. The SMILES string of the molecule is CSCCC(O)C(=O)[O-].CSCCC(O)C(=O)[O-].CSCCC(O)C(=O)[O-].[Cl-].[Cl-].[Cl-].[Fe+3].[Fe+3]. The van der Waals surface area contributed by atoms with Crippen LogP contribution in [0.1, 0.15) is 19.3 Å². The number of carboxylic acids is 3. The first-order valence-electron chi connectivity index (χ1n) is 7.68. The topological polar surface area (TPSA) is 181 Å². The van der Waals surface area contributed by atoms with E-state index in [4.69, 9.17) is 15.3 Å². The maximum Gasteiger partial charge on any atom is 3.00 e. The average Bonchev–Trinajstić information content (AvgIpc) is 2.62. The minimum absolute atomic E-state index is 0. The molecular weight excluding hydrogens is 638 g/mol. The summed E-state index contributed by atoms with van der Waals surface area (Å²) in [6.45, 7) is 0. The molecular formula is C15H27Cl3Fe2O9S3. The first-order valence-corrected chi connectivity index (χ1v) is 11.9. The molecule has 0 aliphatic rings. The van der Waals surface area contributed by atoms with E-state index in [0.29, 0.717) is 17.3 Å². The Bertz CT molecular complexity index is 365. The second-order valence-electron chi connectivity index (χ2n) is 4.85. The van der Waals surface area contributed by atoms with Gasteiger partial charge in [0.05, 0.1) is 36.2 Å². The standard InChI is InChI=1S/3C5H10O3S.3ClH.2Fe/c3*1-9-3-2-4(6)5(7)8;;;;;/h3*4,6H,2-3H2,1H3,(H,7,8);3*1H;;/q;;;;;;2*+3/p-6. The number of carbonyl (C=O) groups excluding carboxylic acids is 3. The van der Waals surface area contributed by atoms with Crippen LogP contribution in [0.4, 0.5) is 0 Å². The van der Waals surface area contributed by atoms with Crippen LogP contribution >= 0.6 is 35.3 Å². The van der Waals surface area contributed by atoms with E-state index in [1.165, 1.54) is 35.3 Å². The molecule has 0 saturated heterocycles. The molecule has 3 N–H and O–H groups in total. The fourth-order valence-electron chi connectivity index (χ4n) is 1.04. The Hall–Kier alpha value is 1.25. The molecule has 2 radical (unpaired) electrons. The minimum atomic E-state index is -1.39. The molecule has 196 valence electrons. The van der Waals surface area contributed by atoms with Crippen LogP contribution in [-0.4, -0.2) is 87.6 Å². The summed E-state index contributed by atoms with van der Waals surface area (Å²) < 4.78 is 0. The van der Waals surface area contributed by atoms with Gasteiger partial charge in [-0.15, -0.1) is 0 Å². The van der Waals surface area contributed by atoms with Crippen LogP contribution < -0.4 is 52.5 Å². The van der Waals surface area contributed by atoms with Crippen LogP contribution in [0.2, 0.25) is 0 Å². The minimum Gasteiger partial charge on any atom is -1.00 e. The number of aliphatic hydroxyl groups is 3. The van der Waals surface area contributed by atoms with Gasteiger partial charge in [0, 0.05) is 0 Å². The third-order valence-corrected chi connectivity index (χ3v) is 4.53. The molecule has 0 amide bonds. The van der Waals surface area contributed by atoms with Gasteiger partial charge in [-0.25, -0.2) is 0 Å². The second-order valence-corrected chi connectivity index (χ2v) is 7.81. The first-order chi connectivity index (χ1) is 12.5. The molecule has 32 heavy (non-hydrogen) atoms. The number of aliphatic hydroxyl groups excluding tert-OH is 3. The molecule has 3 unspecified atom stereocenters. The van der Waals surface area contributed by atoms with Crippen molar-refractivity contribution in [2.24, 2.45) is 0 Å². The van der Waals surface area contributed by atoms with Gasteiger partial charge in [-0.1, -0.05) is 0 Å². The fourth-order valence-corrected chi connectivity index (χ4v) is 2.42. The normalized spacial score (nSPS) is 11.1. The molecule has 0 spiro atoms. The molecule has 3 atom stereocenters. The van der Waals surface area contributed by atoms with E-state index in [-0.39, 0.29) is 90.6 Å². The van der Waals surface area contributed by atoms with Crippen LogP contribution in [0.5, 0.6) is 0 Å². The van der Waals surface area contributed by atoms with Gasteiger partial charge in [0.2, 0.25) is 0 Å². The average molecular weight is 666 g/mol. The number of halogens is 3. The Morgan fingerprint density at radius 2 is 0.750 bits per heavy atom. The summed E-state index contributed by atoms with van der Waals surface area (Å²) in [4.78, 5) is 29.5. The number of hydrogen-bond donors (Lipinski definition) is 3. The molecule has 9 nitrogen and oxygen atoms in total. The first kappa shape index (κ1) is 54.2. The van der Waals surface area contributed by atoms with Gasteiger partial charge in [-0.2, -0.15) is 35.3 Å². The van der Waals surface area contributed by atoms with Crippen molar-refractivity contribution in [1.29, 1.82) is 0 Å². The Morgan fingerprint density at radius 3 is 0.844 bits per heavy atom. The summed E-state index contributed by atoms with van der Waals surface area (Å²) in [7, 11) is 0. The van der Waals surface area contributed by atoms with Crippen LogP contribution in [0.15, 0.2) is 0 Å². The smallest absolute Gasteiger partial charge is 1.00 e. The van der Waals surface area contributed by atoms with Gasteiger partial charge in [0.15, 0.2) is 0 Å². The Kier molecular flexibility index (Phi) is 66.9. The van der Waals surface area contributed by atoms with Crippen molar-refractivity contribution in [2.75, 3.05) is 36.0 Å². The molecule has 0 aromatic heterocycles. The maximum atomic E-state index is 9.83. The van der Waals surface area contributed by atoms with Crippen LogP contribution in [0, 0.1) is 0 Å². The van der Waals surface area contributed by atoms with Crippen molar-refractivity contribution in [3.8, 4) is 0 Å². The number of rotatable bonds is 12. The molecule has 0 aliphatic heterocycles. The summed E-state index contributed by atoms with van der Waals surface area (Å²) in [5.41, 5.74) is 0. The fraction of sp³-hybridized carbons (Fsp3) is 0.800. The number of hydrogen-bond acceptors (Lipinski definition) is 12. The van der Waals surface area contributed by atoms with Gasteiger partial charge in [0.1, 0.15) is 0 Å². The maximum absolute atomic E-state index is 9.83. The Morgan fingerprint density at radius 1 is 0.594 bits per heavy atom. The molecule has 0 aliphatic carbocycles. The molecule has 0 saturated carbocycles.